The van der Waals surface area contributed by atoms with Crippen molar-refractivity contribution in [3.05, 3.63) is 65.7 Å². The Morgan fingerprint density at radius 3 is 2.52 bits per heavy atom. The Morgan fingerprint density at radius 2 is 1.71 bits per heavy atom. The van der Waals surface area contributed by atoms with Gasteiger partial charge in [0.05, 0.1) is 6.61 Å². The van der Waals surface area contributed by atoms with Gasteiger partial charge in [-0.3, -0.25) is 0 Å². The molecule has 21 heavy (non-hydrogen) atoms. The van der Waals surface area contributed by atoms with Gasteiger partial charge in [-0.1, -0.05) is 55.5 Å². The van der Waals surface area contributed by atoms with E-state index in [0.717, 1.165) is 44.7 Å². The van der Waals surface area contributed by atoms with Crippen molar-refractivity contribution in [3.63, 3.8) is 0 Å². The zero-order chi connectivity index (χ0) is 14.8. The summed E-state index contributed by atoms with van der Waals surface area (Å²) in [6.07, 6.45) is 3.32. The second kappa shape index (κ2) is 9.19. The molecule has 0 unspecified atom stereocenters. The molecular formula is C19H25NO. The fourth-order valence-electron chi connectivity index (χ4n) is 2.29. The van der Waals surface area contributed by atoms with Gasteiger partial charge in [-0.2, -0.15) is 0 Å². The highest BCUT2D eigenvalue weighted by Crippen LogP contribution is 2.17. The normalized spacial score (nSPS) is 10.5. The number of aryl methyl sites for hydroxylation is 1. The molecule has 0 fully saturated rings. The molecule has 2 heteroatoms. The number of nitrogens with one attached hydrogen (secondary N) is 1. The molecule has 0 bridgehead atoms. The lowest BCUT2D eigenvalue weighted by molar-refractivity contribution is 0.313. The zero-order valence-corrected chi connectivity index (χ0v) is 12.8. The summed E-state index contributed by atoms with van der Waals surface area (Å²) in [4.78, 5) is 0. The maximum atomic E-state index is 5.77. The highest BCUT2D eigenvalue weighted by atomic mass is 16.5. The predicted octanol–water partition coefficient (Wildman–Crippen LogP) is 4.20. The fraction of sp³-hybridized carbons (Fsp3) is 0.368. The minimum Gasteiger partial charge on any atom is -0.493 e. The summed E-state index contributed by atoms with van der Waals surface area (Å²) < 4.78 is 5.77. The number of hydrogen-bond donors (Lipinski definition) is 1. The third kappa shape index (κ3) is 5.60. The van der Waals surface area contributed by atoms with Crippen LogP contribution in [0.25, 0.3) is 0 Å². The second-order valence-corrected chi connectivity index (χ2v) is 5.22. The first-order valence-corrected chi connectivity index (χ1v) is 7.85. The molecule has 0 aromatic heterocycles. The molecule has 2 aromatic carbocycles. The average Bonchev–Trinajstić information content (AvgIpc) is 2.54. The molecule has 1 N–H and O–H groups in total. The number of hydrogen-bond acceptors (Lipinski definition) is 2. The van der Waals surface area contributed by atoms with E-state index in [1.165, 1.54) is 11.1 Å². The maximum Gasteiger partial charge on any atom is 0.123 e. The number of para-hydroxylation sites is 1. The molecule has 0 aliphatic carbocycles. The number of benzene rings is 2. The van der Waals surface area contributed by atoms with Gasteiger partial charge in [-0.05, 0) is 37.4 Å². The van der Waals surface area contributed by atoms with E-state index in [1.807, 2.05) is 6.07 Å². The lowest BCUT2D eigenvalue weighted by atomic mass is 10.1. The number of rotatable bonds is 9. The quantitative estimate of drug-likeness (QED) is 0.696. The summed E-state index contributed by atoms with van der Waals surface area (Å²) in [6.45, 7) is 4.81. The van der Waals surface area contributed by atoms with Crippen LogP contribution in [0.3, 0.4) is 0 Å². The summed E-state index contributed by atoms with van der Waals surface area (Å²) in [6, 6.07) is 18.9. The van der Waals surface area contributed by atoms with Gasteiger partial charge in [0, 0.05) is 12.1 Å². The standard InChI is InChI=1S/C19H25NO/c1-2-15-21-19-13-7-6-12-18(19)16-20-14-8-11-17-9-4-3-5-10-17/h3-7,9-10,12-13,20H,2,8,11,14-16H2,1H3. The molecule has 2 nitrogen and oxygen atoms in total. The molecule has 0 radical (unpaired) electrons. The van der Waals surface area contributed by atoms with E-state index in [1.54, 1.807) is 0 Å². The van der Waals surface area contributed by atoms with Crippen molar-refractivity contribution in [1.29, 1.82) is 0 Å². The van der Waals surface area contributed by atoms with Crippen molar-refractivity contribution in [2.45, 2.75) is 32.7 Å². The van der Waals surface area contributed by atoms with Gasteiger partial charge in [0.25, 0.3) is 0 Å². The molecule has 2 aromatic rings. The van der Waals surface area contributed by atoms with E-state index in [9.17, 15) is 0 Å². The molecule has 0 saturated heterocycles. The van der Waals surface area contributed by atoms with Crippen LogP contribution in [0.15, 0.2) is 54.6 Å². The molecular weight excluding hydrogens is 258 g/mol. The Bertz CT molecular complexity index is 510. The van der Waals surface area contributed by atoms with Crippen LogP contribution >= 0.6 is 0 Å². The van der Waals surface area contributed by atoms with Crippen LogP contribution in [-0.2, 0) is 13.0 Å². The van der Waals surface area contributed by atoms with Crippen LogP contribution in [0, 0.1) is 0 Å². The molecule has 112 valence electrons. The molecule has 2 rings (SSSR count). The van der Waals surface area contributed by atoms with Crippen molar-refractivity contribution in [2.75, 3.05) is 13.2 Å². The SMILES string of the molecule is CCCOc1ccccc1CNCCCc1ccccc1. The van der Waals surface area contributed by atoms with Gasteiger partial charge >= 0.3 is 0 Å². The third-order valence-electron chi connectivity index (χ3n) is 3.41. The first kappa shape index (κ1) is 15.6. The van der Waals surface area contributed by atoms with Crippen LogP contribution in [-0.4, -0.2) is 13.2 Å². The minimum atomic E-state index is 0.783. The topological polar surface area (TPSA) is 21.3 Å². The fourth-order valence-corrected chi connectivity index (χ4v) is 2.29. The zero-order valence-electron chi connectivity index (χ0n) is 12.8. The van der Waals surface area contributed by atoms with E-state index >= 15 is 0 Å². The van der Waals surface area contributed by atoms with Crippen molar-refractivity contribution in [1.82, 2.24) is 5.32 Å². The predicted molar refractivity (Wildman–Crippen MR) is 88.7 cm³/mol. The van der Waals surface area contributed by atoms with E-state index in [2.05, 4.69) is 60.8 Å². The van der Waals surface area contributed by atoms with Gasteiger partial charge < -0.3 is 10.1 Å². The summed E-state index contributed by atoms with van der Waals surface area (Å²) >= 11 is 0. The first-order valence-electron chi connectivity index (χ1n) is 7.85. The van der Waals surface area contributed by atoms with E-state index in [0.29, 0.717) is 0 Å². The van der Waals surface area contributed by atoms with E-state index in [-0.39, 0.29) is 0 Å². The largest absolute Gasteiger partial charge is 0.493 e. The highest BCUT2D eigenvalue weighted by Gasteiger charge is 2.01. The molecule has 0 amide bonds. The van der Waals surface area contributed by atoms with Gasteiger partial charge in [0.2, 0.25) is 0 Å². The van der Waals surface area contributed by atoms with Gasteiger partial charge in [0.1, 0.15) is 5.75 Å². The Kier molecular flexibility index (Phi) is 6.82. The Labute approximate surface area is 128 Å². The smallest absolute Gasteiger partial charge is 0.123 e. The maximum absolute atomic E-state index is 5.77. The van der Waals surface area contributed by atoms with Crippen molar-refractivity contribution in [3.8, 4) is 5.75 Å². The number of ether oxygens (including phenoxy) is 1. The van der Waals surface area contributed by atoms with Crippen molar-refractivity contribution >= 4 is 0 Å². The highest BCUT2D eigenvalue weighted by molar-refractivity contribution is 5.33. The van der Waals surface area contributed by atoms with Crippen LogP contribution < -0.4 is 10.1 Å². The summed E-state index contributed by atoms with van der Waals surface area (Å²) in [7, 11) is 0. The molecule has 0 aliphatic rings. The Balaban J connectivity index is 1.71. The molecule has 0 saturated carbocycles. The first-order chi connectivity index (χ1) is 10.4. The minimum absolute atomic E-state index is 0.783. The lowest BCUT2D eigenvalue weighted by Gasteiger charge is -2.11. The van der Waals surface area contributed by atoms with Crippen molar-refractivity contribution < 1.29 is 4.74 Å². The second-order valence-electron chi connectivity index (χ2n) is 5.22. The lowest BCUT2D eigenvalue weighted by Crippen LogP contribution is -2.16. The summed E-state index contributed by atoms with van der Waals surface area (Å²) in [5.41, 5.74) is 2.65. The Morgan fingerprint density at radius 1 is 0.952 bits per heavy atom. The molecule has 0 atom stereocenters. The van der Waals surface area contributed by atoms with Crippen LogP contribution in [0.4, 0.5) is 0 Å². The summed E-state index contributed by atoms with van der Waals surface area (Å²) in [5, 5.41) is 3.51. The van der Waals surface area contributed by atoms with Crippen LogP contribution in [0.2, 0.25) is 0 Å². The third-order valence-corrected chi connectivity index (χ3v) is 3.41. The average molecular weight is 283 g/mol. The molecule has 0 heterocycles. The summed E-state index contributed by atoms with van der Waals surface area (Å²) in [5.74, 6) is 1.01. The molecule has 0 spiro atoms. The van der Waals surface area contributed by atoms with Crippen LogP contribution in [0.5, 0.6) is 5.75 Å². The van der Waals surface area contributed by atoms with Crippen LogP contribution in [0.1, 0.15) is 30.9 Å². The van der Waals surface area contributed by atoms with E-state index < -0.39 is 0 Å². The van der Waals surface area contributed by atoms with Gasteiger partial charge in [0.15, 0.2) is 0 Å². The van der Waals surface area contributed by atoms with Gasteiger partial charge in [-0.15, -0.1) is 0 Å². The van der Waals surface area contributed by atoms with Crippen molar-refractivity contribution in [2.24, 2.45) is 0 Å². The monoisotopic (exact) mass is 283 g/mol. The van der Waals surface area contributed by atoms with Gasteiger partial charge in [-0.25, -0.2) is 0 Å². The Hall–Kier alpha value is -1.80. The van der Waals surface area contributed by atoms with E-state index in [4.69, 9.17) is 4.74 Å². The molecule has 0 aliphatic heterocycles.